The fourth-order valence-corrected chi connectivity index (χ4v) is 4.28. The zero-order valence-electron chi connectivity index (χ0n) is 23.8. The predicted octanol–water partition coefficient (Wildman–Crippen LogP) is 8.31. The van der Waals surface area contributed by atoms with Crippen molar-refractivity contribution in [3.05, 3.63) is 59.7 Å². The molecule has 0 heterocycles. The minimum atomic E-state index is -0.471. The lowest BCUT2D eigenvalue weighted by Gasteiger charge is -2.08. The molecule has 0 aliphatic carbocycles. The number of esters is 2. The molecule has 216 valence electrons. The summed E-state index contributed by atoms with van der Waals surface area (Å²) in [6, 6.07) is 13.3. The fraction of sp³-hybridized carbons (Fsp3) is 0.576. The first kappa shape index (κ1) is 32.4. The summed E-state index contributed by atoms with van der Waals surface area (Å²) < 4.78 is 16.5. The van der Waals surface area contributed by atoms with Gasteiger partial charge in [0.15, 0.2) is 0 Å². The van der Waals surface area contributed by atoms with Gasteiger partial charge in [-0.2, -0.15) is 0 Å². The fourth-order valence-electron chi connectivity index (χ4n) is 4.28. The van der Waals surface area contributed by atoms with E-state index >= 15 is 0 Å². The maximum Gasteiger partial charge on any atom is 0.343 e. The lowest BCUT2D eigenvalue weighted by atomic mass is 10.1. The molecule has 0 amide bonds. The highest BCUT2D eigenvalue weighted by atomic mass is 16.5. The summed E-state index contributed by atoms with van der Waals surface area (Å²) in [6.45, 7) is 3.40. The summed E-state index contributed by atoms with van der Waals surface area (Å²) in [5.74, 6) is 0.207. The molecule has 6 nitrogen and oxygen atoms in total. The molecule has 0 atom stereocenters. The van der Waals surface area contributed by atoms with Crippen molar-refractivity contribution in [2.75, 3.05) is 19.8 Å². The number of hydrogen-bond donors (Lipinski definition) is 1. The number of hydrogen-bond acceptors (Lipinski definition) is 6. The van der Waals surface area contributed by atoms with E-state index in [2.05, 4.69) is 6.92 Å². The number of rotatable bonds is 22. The first-order chi connectivity index (χ1) is 19.1. The van der Waals surface area contributed by atoms with Crippen molar-refractivity contribution in [3.63, 3.8) is 0 Å². The van der Waals surface area contributed by atoms with Crippen LogP contribution < -0.4 is 9.47 Å². The predicted molar refractivity (Wildman–Crippen MR) is 156 cm³/mol. The SMILES string of the molecule is CCCCCCCCCCCCCCOc1ccc(C(=O)Oc2ccc(C(=O)OCCCCCO)cc2)cc1. The molecule has 6 heteroatoms. The standard InChI is InChI=1S/C33H48O6/c1-2-3-4-5-6-7-8-9-10-11-12-15-26-37-30-21-17-29(18-22-30)33(36)39-31-23-19-28(20-24-31)32(35)38-27-16-13-14-25-34/h17-24,34H,2-16,25-27H2,1H3. The topological polar surface area (TPSA) is 82.1 Å². The van der Waals surface area contributed by atoms with Crippen LogP contribution in [0.4, 0.5) is 0 Å². The third-order valence-electron chi connectivity index (χ3n) is 6.69. The van der Waals surface area contributed by atoms with Crippen LogP contribution in [0.3, 0.4) is 0 Å². The Kier molecular flexibility index (Phi) is 17.4. The molecule has 0 aromatic heterocycles. The molecule has 2 aromatic rings. The number of aliphatic hydroxyl groups excluding tert-OH is 1. The van der Waals surface area contributed by atoms with E-state index in [-0.39, 0.29) is 6.61 Å². The molecule has 0 radical (unpaired) electrons. The van der Waals surface area contributed by atoms with Gasteiger partial charge in [-0.15, -0.1) is 0 Å². The highest BCUT2D eigenvalue weighted by Gasteiger charge is 2.11. The van der Waals surface area contributed by atoms with Crippen molar-refractivity contribution >= 4 is 11.9 Å². The summed E-state index contributed by atoms with van der Waals surface area (Å²) in [6.07, 6.45) is 18.0. The molecule has 0 bridgehead atoms. The summed E-state index contributed by atoms with van der Waals surface area (Å²) in [7, 11) is 0. The second-order valence-corrected chi connectivity index (χ2v) is 10.1. The van der Waals surface area contributed by atoms with Gasteiger partial charge in [-0.1, -0.05) is 77.6 Å². The zero-order valence-corrected chi connectivity index (χ0v) is 23.8. The van der Waals surface area contributed by atoms with E-state index in [1.807, 2.05) is 0 Å². The van der Waals surface area contributed by atoms with Gasteiger partial charge < -0.3 is 19.3 Å². The van der Waals surface area contributed by atoms with Gasteiger partial charge >= 0.3 is 11.9 Å². The van der Waals surface area contributed by atoms with Gasteiger partial charge in [0.25, 0.3) is 0 Å². The van der Waals surface area contributed by atoms with Crippen molar-refractivity contribution in [1.82, 2.24) is 0 Å². The monoisotopic (exact) mass is 540 g/mol. The second-order valence-electron chi connectivity index (χ2n) is 10.1. The van der Waals surface area contributed by atoms with Crippen LogP contribution in [0.2, 0.25) is 0 Å². The number of carbonyl (C=O) groups is 2. The molecule has 0 saturated carbocycles. The number of benzene rings is 2. The molecule has 0 saturated heterocycles. The van der Waals surface area contributed by atoms with E-state index < -0.39 is 11.9 Å². The molecular formula is C33H48O6. The van der Waals surface area contributed by atoms with Crippen molar-refractivity contribution in [1.29, 1.82) is 0 Å². The van der Waals surface area contributed by atoms with Gasteiger partial charge in [-0.05, 0) is 74.2 Å². The summed E-state index contributed by atoms with van der Waals surface area (Å²) in [5.41, 5.74) is 0.825. The smallest absolute Gasteiger partial charge is 0.343 e. The van der Waals surface area contributed by atoms with Crippen LogP contribution in [0.5, 0.6) is 11.5 Å². The molecule has 0 unspecified atom stereocenters. The molecule has 0 fully saturated rings. The maximum absolute atomic E-state index is 12.5. The van der Waals surface area contributed by atoms with E-state index in [4.69, 9.17) is 19.3 Å². The van der Waals surface area contributed by atoms with Crippen LogP contribution in [-0.2, 0) is 4.74 Å². The Morgan fingerprint density at radius 1 is 0.564 bits per heavy atom. The lowest BCUT2D eigenvalue weighted by molar-refractivity contribution is 0.0496. The Bertz CT molecular complexity index is 907. The second kappa shape index (κ2) is 21.0. The van der Waals surface area contributed by atoms with Crippen LogP contribution in [0, 0.1) is 0 Å². The van der Waals surface area contributed by atoms with Gasteiger partial charge in [-0.3, -0.25) is 0 Å². The minimum absolute atomic E-state index is 0.144. The van der Waals surface area contributed by atoms with Crippen molar-refractivity contribution in [2.45, 2.75) is 103 Å². The molecule has 2 aromatic carbocycles. The van der Waals surface area contributed by atoms with E-state index in [0.717, 1.165) is 18.6 Å². The third-order valence-corrected chi connectivity index (χ3v) is 6.69. The Morgan fingerprint density at radius 3 is 1.59 bits per heavy atom. The molecule has 0 aliphatic heterocycles. The summed E-state index contributed by atoms with van der Waals surface area (Å²) >= 11 is 0. The molecule has 39 heavy (non-hydrogen) atoms. The van der Waals surface area contributed by atoms with Gasteiger partial charge in [0.2, 0.25) is 0 Å². The Morgan fingerprint density at radius 2 is 1.03 bits per heavy atom. The zero-order chi connectivity index (χ0) is 28.0. The summed E-state index contributed by atoms with van der Waals surface area (Å²) in [5, 5.41) is 8.77. The first-order valence-electron chi connectivity index (χ1n) is 15.0. The highest BCUT2D eigenvalue weighted by molar-refractivity contribution is 5.92. The molecular weight excluding hydrogens is 492 g/mol. The average Bonchev–Trinajstić information content (AvgIpc) is 2.96. The van der Waals surface area contributed by atoms with Crippen molar-refractivity contribution < 1.29 is 28.9 Å². The van der Waals surface area contributed by atoms with Crippen LogP contribution >= 0.6 is 0 Å². The van der Waals surface area contributed by atoms with Crippen LogP contribution in [0.1, 0.15) is 124 Å². The Labute approximate surface area is 235 Å². The third kappa shape index (κ3) is 14.8. The molecule has 2 rings (SSSR count). The van der Waals surface area contributed by atoms with Crippen LogP contribution in [-0.4, -0.2) is 36.9 Å². The van der Waals surface area contributed by atoms with E-state index in [0.29, 0.717) is 42.9 Å². The Balaban J connectivity index is 1.57. The number of aliphatic hydroxyl groups is 1. The van der Waals surface area contributed by atoms with Gasteiger partial charge in [0, 0.05) is 6.61 Å². The minimum Gasteiger partial charge on any atom is -0.494 e. The quantitative estimate of drug-likeness (QED) is 0.0919. The molecule has 0 spiro atoms. The van der Waals surface area contributed by atoms with Gasteiger partial charge in [-0.25, -0.2) is 9.59 Å². The number of ether oxygens (including phenoxy) is 3. The van der Waals surface area contributed by atoms with Crippen molar-refractivity contribution in [3.8, 4) is 11.5 Å². The van der Waals surface area contributed by atoms with Crippen molar-refractivity contribution in [2.24, 2.45) is 0 Å². The normalized spacial score (nSPS) is 10.8. The summed E-state index contributed by atoms with van der Waals surface area (Å²) in [4.78, 5) is 24.6. The van der Waals surface area contributed by atoms with Crippen LogP contribution in [0.25, 0.3) is 0 Å². The molecule has 1 N–H and O–H groups in total. The lowest BCUT2D eigenvalue weighted by Crippen LogP contribution is -2.09. The van der Waals surface area contributed by atoms with E-state index in [1.165, 1.54) is 70.6 Å². The van der Waals surface area contributed by atoms with E-state index in [1.54, 1.807) is 48.5 Å². The maximum atomic E-state index is 12.5. The average molecular weight is 541 g/mol. The van der Waals surface area contributed by atoms with Gasteiger partial charge in [0.05, 0.1) is 24.3 Å². The Hall–Kier alpha value is -2.86. The largest absolute Gasteiger partial charge is 0.494 e. The number of unbranched alkanes of at least 4 members (excludes halogenated alkanes) is 13. The van der Waals surface area contributed by atoms with Gasteiger partial charge in [0.1, 0.15) is 11.5 Å². The first-order valence-corrected chi connectivity index (χ1v) is 15.0. The molecule has 0 aliphatic rings. The number of carbonyl (C=O) groups excluding carboxylic acids is 2. The highest BCUT2D eigenvalue weighted by Crippen LogP contribution is 2.18. The van der Waals surface area contributed by atoms with Crippen LogP contribution in [0.15, 0.2) is 48.5 Å². The van der Waals surface area contributed by atoms with E-state index in [9.17, 15) is 9.59 Å².